The van der Waals surface area contributed by atoms with Gasteiger partial charge in [0.15, 0.2) is 11.9 Å². The van der Waals surface area contributed by atoms with E-state index in [0.29, 0.717) is 12.2 Å². The standard InChI is InChI=1S/C17H16N4O2/c1-12-7-9-14(10-8-12)16-18-19-20-21(16)15(17(22)23)11-13-5-3-2-4-6-13/h2-10,15H,11H2,1H3,(H,22,23). The Morgan fingerprint density at radius 3 is 2.48 bits per heavy atom. The van der Waals surface area contributed by atoms with Crippen LogP contribution in [-0.2, 0) is 11.2 Å². The summed E-state index contributed by atoms with van der Waals surface area (Å²) in [5, 5.41) is 21.2. The lowest BCUT2D eigenvalue weighted by Gasteiger charge is -2.14. The van der Waals surface area contributed by atoms with Gasteiger partial charge < -0.3 is 5.11 Å². The van der Waals surface area contributed by atoms with Crippen LogP contribution in [0, 0.1) is 6.92 Å². The van der Waals surface area contributed by atoms with E-state index in [1.807, 2.05) is 61.5 Å². The molecule has 116 valence electrons. The molecule has 23 heavy (non-hydrogen) atoms. The predicted octanol–water partition coefficient (Wildman–Crippen LogP) is 2.52. The van der Waals surface area contributed by atoms with Crippen molar-refractivity contribution in [2.24, 2.45) is 0 Å². The third-order valence-electron chi connectivity index (χ3n) is 3.65. The molecular formula is C17H16N4O2. The molecule has 0 aliphatic carbocycles. The van der Waals surface area contributed by atoms with Crippen LogP contribution in [0.25, 0.3) is 11.4 Å². The first kappa shape index (κ1) is 14.9. The monoisotopic (exact) mass is 308 g/mol. The summed E-state index contributed by atoms with van der Waals surface area (Å²) in [5.41, 5.74) is 2.83. The van der Waals surface area contributed by atoms with Crippen LogP contribution in [0.5, 0.6) is 0 Å². The maximum Gasteiger partial charge on any atom is 0.329 e. The summed E-state index contributed by atoms with van der Waals surface area (Å²) in [5.74, 6) is -0.511. The minimum atomic E-state index is -0.963. The van der Waals surface area contributed by atoms with Crippen molar-refractivity contribution in [3.8, 4) is 11.4 Å². The Hall–Kier alpha value is -3.02. The van der Waals surface area contributed by atoms with Crippen molar-refractivity contribution in [1.29, 1.82) is 0 Å². The van der Waals surface area contributed by atoms with Gasteiger partial charge in [-0.2, -0.15) is 0 Å². The van der Waals surface area contributed by atoms with Crippen molar-refractivity contribution >= 4 is 5.97 Å². The number of aryl methyl sites for hydroxylation is 1. The molecule has 0 radical (unpaired) electrons. The lowest BCUT2D eigenvalue weighted by molar-refractivity contribution is -0.141. The number of hydrogen-bond donors (Lipinski definition) is 1. The molecule has 0 saturated carbocycles. The number of aliphatic carboxylic acids is 1. The molecule has 0 saturated heterocycles. The van der Waals surface area contributed by atoms with E-state index in [4.69, 9.17) is 0 Å². The predicted molar refractivity (Wildman–Crippen MR) is 84.8 cm³/mol. The Morgan fingerprint density at radius 1 is 1.13 bits per heavy atom. The number of carbonyl (C=O) groups is 1. The van der Waals surface area contributed by atoms with E-state index >= 15 is 0 Å². The number of carboxylic acid groups (broad SMARTS) is 1. The molecule has 1 atom stereocenters. The summed E-state index contributed by atoms with van der Waals surface area (Å²) >= 11 is 0. The van der Waals surface area contributed by atoms with E-state index in [1.165, 1.54) is 4.68 Å². The first-order chi connectivity index (χ1) is 11.1. The molecule has 0 fully saturated rings. The minimum absolute atomic E-state index is 0.320. The molecule has 1 unspecified atom stereocenters. The van der Waals surface area contributed by atoms with Gasteiger partial charge in [0.05, 0.1) is 0 Å². The summed E-state index contributed by atoms with van der Waals surface area (Å²) in [7, 11) is 0. The van der Waals surface area contributed by atoms with E-state index in [-0.39, 0.29) is 0 Å². The number of benzene rings is 2. The molecule has 6 heteroatoms. The zero-order valence-electron chi connectivity index (χ0n) is 12.6. The first-order valence-electron chi connectivity index (χ1n) is 7.27. The molecule has 3 aromatic rings. The second-order valence-electron chi connectivity index (χ2n) is 5.36. The van der Waals surface area contributed by atoms with Crippen LogP contribution in [0.4, 0.5) is 0 Å². The largest absolute Gasteiger partial charge is 0.480 e. The van der Waals surface area contributed by atoms with Crippen molar-refractivity contribution in [3.05, 3.63) is 65.7 Å². The lowest BCUT2D eigenvalue weighted by Crippen LogP contribution is -2.23. The lowest BCUT2D eigenvalue weighted by atomic mass is 10.1. The van der Waals surface area contributed by atoms with Crippen molar-refractivity contribution < 1.29 is 9.90 Å². The summed E-state index contributed by atoms with van der Waals surface area (Å²) < 4.78 is 1.38. The number of rotatable bonds is 5. The highest BCUT2D eigenvalue weighted by molar-refractivity contribution is 5.73. The van der Waals surface area contributed by atoms with Gasteiger partial charge in [-0.1, -0.05) is 60.2 Å². The summed E-state index contributed by atoms with van der Waals surface area (Å²) in [6.45, 7) is 1.99. The molecule has 0 bridgehead atoms. The Balaban J connectivity index is 1.97. The maximum atomic E-state index is 11.7. The zero-order valence-corrected chi connectivity index (χ0v) is 12.6. The second kappa shape index (κ2) is 6.39. The number of carboxylic acids is 1. The van der Waals surface area contributed by atoms with Crippen molar-refractivity contribution in [1.82, 2.24) is 20.2 Å². The van der Waals surface area contributed by atoms with Crippen LogP contribution in [-0.4, -0.2) is 31.3 Å². The Morgan fingerprint density at radius 2 is 1.83 bits per heavy atom. The van der Waals surface area contributed by atoms with Crippen molar-refractivity contribution in [3.63, 3.8) is 0 Å². The Kier molecular flexibility index (Phi) is 4.14. The molecule has 0 aliphatic rings. The molecule has 0 aliphatic heterocycles. The number of tetrazole rings is 1. The van der Waals surface area contributed by atoms with Gasteiger partial charge >= 0.3 is 5.97 Å². The van der Waals surface area contributed by atoms with E-state index in [0.717, 1.165) is 16.7 Å². The van der Waals surface area contributed by atoms with Gasteiger partial charge in [0.1, 0.15) is 0 Å². The quantitative estimate of drug-likeness (QED) is 0.783. The fourth-order valence-corrected chi connectivity index (χ4v) is 2.41. The SMILES string of the molecule is Cc1ccc(-c2nnnn2C(Cc2ccccc2)C(=O)O)cc1. The van der Waals surface area contributed by atoms with Crippen molar-refractivity contribution in [2.45, 2.75) is 19.4 Å². The van der Waals surface area contributed by atoms with Crippen LogP contribution in [0.2, 0.25) is 0 Å². The van der Waals surface area contributed by atoms with E-state index in [2.05, 4.69) is 15.5 Å². The van der Waals surface area contributed by atoms with Gasteiger partial charge in [-0.25, -0.2) is 9.48 Å². The minimum Gasteiger partial charge on any atom is -0.480 e. The van der Waals surface area contributed by atoms with Gasteiger partial charge in [0.25, 0.3) is 0 Å². The molecule has 1 aromatic heterocycles. The topological polar surface area (TPSA) is 80.9 Å². The maximum absolute atomic E-state index is 11.7. The average Bonchev–Trinajstić information content (AvgIpc) is 3.03. The normalized spacial score (nSPS) is 12.0. The fraction of sp³-hybridized carbons (Fsp3) is 0.176. The second-order valence-corrected chi connectivity index (χ2v) is 5.36. The highest BCUT2D eigenvalue weighted by Crippen LogP contribution is 2.22. The molecule has 1 N–H and O–H groups in total. The molecule has 0 amide bonds. The third kappa shape index (κ3) is 3.26. The summed E-state index contributed by atoms with van der Waals surface area (Å²) in [6, 6.07) is 16.3. The van der Waals surface area contributed by atoms with Gasteiger partial charge in [-0.15, -0.1) is 5.10 Å². The number of hydrogen-bond acceptors (Lipinski definition) is 4. The molecule has 3 rings (SSSR count). The van der Waals surface area contributed by atoms with Crippen LogP contribution in [0.3, 0.4) is 0 Å². The van der Waals surface area contributed by atoms with Crippen LogP contribution in [0.15, 0.2) is 54.6 Å². The molecule has 1 heterocycles. The third-order valence-corrected chi connectivity index (χ3v) is 3.65. The first-order valence-corrected chi connectivity index (χ1v) is 7.27. The highest BCUT2D eigenvalue weighted by Gasteiger charge is 2.25. The highest BCUT2D eigenvalue weighted by atomic mass is 16.4. The zero-order chi connectivity index (χ0) is 16.2. The van der Waals surface area contributed by atoms with Gasteiger partial charge in [0, 0.05) is 12.0 Å². The van der Waals surface area contributed by atoms with Crippen LogP contribution in [0.1, 0.15) is 17.2 Å². The van der Waals surface area contributed by atoms with Crippen molar-refractivity contribution in [2.75, 3.05) is 0 Å². The number of aromatic nitrogens is 4. The Bertz CT molecular complexity index is 797. The summed E-state index contributed by atoms with van der Waals surface area (Å²) in [6.07, 6.45) is 0.320. The van der Waals surface area contributed by atoms with Gasteiger partial charge in [0.2, 0.25) is 0 Å². The molecule has 0 spiro atoms. The fourth-order valence-electron chi connectivity index (χ4n) is 2.41. The molecular weight excluding hydrogens is 292 g/mol. The van der Waals surface area contributed by atoms with E-state index in [9.17, 15) is 9.90 Å². The van der Waals surface area contributed by atoms with E-state index < -0.39 is 12.0 Å². The van der Waals surface area contributed by atoms with Gasteiger partial charge in [-0.3, -0.25) is 0 Å². The smallest absolute Gasteiger partial charge is 0.329 e. The number of nitrogens with zero attached hydrogens (tertiary/aromatic N) is 4. The molecule has 6 nitrogen and oxygen atoms in total. The van der Waals surface area contributed by atoms with E-state index in [1.54, 1.807) is 0 Å². The summed E-state index contributed by atoms with van der Waals surface area (Å²) in [4.78, 5) is 11.7. The van der Waals surface area contributed by atoms with Crippen LogP contribution >= 0.6 is 0 Å². The van der Waals surface area contributed by atoms with Crippen LogP contribution < -0.4 is 0 Å². The average molecular weight is 308 g/mol. The Labute approximate surface area is 133 Å². The molecule has 2 aromatic carbocycles. The van der Waals surface area contributed by atoms with Gasteiger partial charge in [-0.05, 0) is 22.9 Å².